The molecule has 2 saturated heterocycles. The van der Waals surface area contributed by atoms with Gasteiger partial charge < -0.3 is 10.2 Å². The molecule has 2 aliphatic heterocycles. The first-order valence-electron chi connectivity index (χ1n) is 7.17. The third-order valence-electron chi connectivity index (χ3n) is 4.57. The molecule has 0 amide bonds. The highest BCUT2D eigenvalue weighted by molar-refractivity contribution is 9.10. The number of nitrogens with one attached hydrogen (secondary N) is 1. The van der Waals surface area contributed by atoms with Crippen LogP contribution >= 0.6 is 15.9 Å². The van der Waals surface area contributed by atoms with Crippen LogP contribution in [0.25, 0.3) is 0 Å². The number of halogens is 1. The van der Waals surface area contributed by atoms with Gasteiger partial charge in [-0.05, 0) is 55.6 Å². The van der Waals surface area contributed by atoms with Crippen LogP contribution in [0, 0.1) is 0 Å². The lowest BCUT2D eigenvalue weighted by Gasteiger charge is -2.35. The molecule has 0 saturated carbocycles. The molecule has 1 aromatic rings. The van der Waals surface area contributed by atoms with Crippen molar-refractivity contribution >= 4 is 21.7 Å². The average molecular weight is 325 g/mol. The highest BCUT2D eigenvalue weighted by Gasteiger charge is 2.39. The third kappa shape index (κ3) is 2.50. The van der Waals surface area contributed by atoms with Gasteiger partial charge in [-0.25, -0.2) is 9.97 Å². The molecule has 1 aromatic heterocycles. The second-order valence-corrected chi connectivity index (χ2v) is 6.53. The van der Waals surface area contributed by atoms with Crippen LogP contribution in [0.15, 0.2) is 10.7 Å². The van der Waals surface area contributed by atoms with E-state index in [1.54, 1.807) is 0 Å². The molecule has 2 fully saturated rings. The fourth-order valence-corrected chi connectivity index (χ4v) is 3.82. The molecule has 0 aliphatic carbocycles. The summed E-state index contributed by atoms with van der Waals surface area (Å²) in [5.74, 6) is 2.47. The van der Waals surface area contributed by atoms with Crippen LogP contribution in [0.5, 0.6) is 0 Å². The van der Waals surface area contributed by atoms with Crippen LogP contribution in [-0.4, -0.2) is 40.5 Å². The third-order valence-corrected chi connectivity index (χ3v) is 5.15. The Hall–Kier alpha value is -0.680. The van der Waals surface area contributed by atoms with Crippen LogP contribution in [0.3, 0.4) is 0 Å². The highest BCUT2D eigenvalue weighted by Crippen LogP contribution is 2.41. The first kappa shape index (κ1) is 13.3. The van der Waals surface area contributed by atoms with Gasteiger partial charge in [-0.15, -0.1) is 0 Å². The molecule has 3 heterocycles. The molecule has 5 heteroatoms. The number of piperidine rings is 1. The van der Waals surface area contributed by atoms with Gasteiger partial charge in [0.15, 0.2) is 0 Å². The van der Waals surface area contributed by atoms with Gasteiger partial charge in [0, 0.05) is 30.7 Å². The van der Waals surface area contributed by atoms with Crippen molar-refractivity contribution in [3.05, 3.63) is 16.5 Å². The molecular weight excluding hydrogens is 304 g/mol. The number of anilines is 1. The number of rotatable bonds is 3. The van der Waals surface area contributed by atoms with E-state index in [0.717, 1.165) is 34.7 Å². The summed E-state index contributed by atoms with van der Waals surface area (Å²) in [6.07, 6.45) is 6.99. The maximum absolute atomic E-state index is 4.72. The number of hydrogen-bond acceptors (Lipinski definition) is 4. The lowest BCUT2D eigenvalue weighted by molar-refractivity contribution is 0.159. The molecule has 0 aromatic carbocycles. The Balaban J connectivity index is 1.81. The second kappa shape index (κ2) is 5.37. The molecule has 2 unspecified atom stereocenters. The summed E-state index contributed by atoms with van der Waals surface area (Å²) in [5.41, 5.74) is 0. The summed E-state index contributed by atoms with van der Waals surface area (Å²) >= 11 is 3.51. The summed E-state index contributed by atoms with van der Waals surface area (Å²) in [7, 11) is 2.27. The van der Waals surface area contributed by atoms with Crippen LogP contribution in [0.2, 0.25) is 0 Å². The summed E-state index contributed by atoms with van der Waals surface area (Å²) in [4.78, 5) is 11.8. The SMILES string of the molecule is CCNc1nc(C2CC3CCC(C2)N3C)ncc1Br. The van der Waals surface area contributed by atoms with Crippen molar-refractivity contribution < 1.29 is 0 Å². The van der Waals surface area contributed by atoms with Crippen molar-refractivity contribution in [1.29, 1.82) is 0 Å². The highest BCUT2D eigenvalue weighted by atomic mass is 79.9. The van der Waals surface area contributed by atoms with E-state index in [2.05, 4.69) is 45.1 Å². The van der Waals surface area contributed by atoms with Gasteiger partial charge in [-0.1, -0.05) is 0 Å². The van der Waals surface area contributed by atoms with Gasteiger partial charge in [-0.3, -0.25) is 0 Å². The second-order valence-electron chi connectivity index (χ2n) is 5.67. The predicted molar refractivity (Wildman–Crippen MR) is 80.4 cm³/mol. The largest absolute Gasteiger partial charge is 0.369 e. The standard InChI is InChI=1S/C14H21BrN4/c1-3-16-14-12(15)8-17-13(18-14)9-6-10-4-5-11(7-9)19(10)2/h8-11H,3-7H2,1-2H3,(H,16,17,18). The Morgan fingerprint density at radius 2 is 2.05 bits per heavy atom. The van der Waals surface area contributed by atoms with E-state index in [1.165, 1.54) is 25.7 Å². The predicted octanol–water partition coefficient (Wildman–Crippen LogP) is 3.01. The number of hydrogen-bond donors (Lipinski definition) is 1. The Kier molecular flexibility index (Phi) is 3.76. The van der Waals surface area contributed by atoms with Crippen LogP contribution < -0.4 is 5.32 Å². The molecule has 104 valence electrons. The quantitative estimate of drug-likeness (QED) is 0.927. The molecule has 3 rings (SSSR count). The monoisotopic (exact) mass is 324 g/mol. The first-order valence-corrected chi connectivity index (χ1v) is 7.96. The Labute approximate surface area is 123 Å². The van der Waals surface area contributed by atoms with Crippen LogP contribution in [0.1, 0.15) is 44.3 Å². The molecule has 2 atom stereocenters. The van der Waals surface area contributed by atoms with Gasteiger partial charge in [0.05, 0.1) is 4.47 Å². The lowest BCUT2D eigenvalue weighted by Crippen LogP contribution is -2.39. The van der Waals surface area contributed by atoms with E-state index >= 15 is 0 Å². The van der Waals surface area contributed by atoms with E-state index in [4.69, 9.17) is 4.98 Å². The van der Waals surface area contributed by atoms with Gasteiger partial charge in [0.1, 0.15) is 11.6 Å². The minimum atomic E-state index is 0.527. The lowest BCUT2D eigenvalue weighted by atomic mass is 9.90. The average Bonchev–Trinajstić information content (AvgIpc) is 2.64. The van der Waals surface area contributed by atoms with Crippen molar-refractivity contribution in [3.8, 4) is 0 Å². The minimum Gasteiger partial charge on any atom is -0.369 e. The fourth-order valence-electron chi connectivity index (χ4n) is 3.49. The van der Waals surface area contributed by atoms with E-state index in [-0.39, 0.29) is 0 Å². The van der Waals surface area contributed by atoms with Gasteiger partial charge in [0.2, 0.25) is 0 Å². The van der Waals surface area contributed by atoms with Crippen molar-refractivity contribution in [3.63, 3.8) is 0 Å². The first-order chi connectivity index (χ1) is 9.19. The normalized spacial score (nSPS) is 30.6. The summed E-state index contributed by atoms with van der Waals surface area (Å²) in [6, 6.07) is 1.47. The zero-order valence-corrected chi connectivity index (χ0v) is 13.2. The van der Waals surface area contributed by atoms with Gasteiger partial charge in [-0.2, -0.15) is 0 Å². The molecule has 4 nitrogen and oxygen atoms in total. The Bertz CT molecular complexity index is 451. The van der Waals surface area contributed by atoms with Crippen LogP contribution in [0.4, 0.5) is 5.82 Å². The maximum atomic E-state index is 4.72. The molecule has 2 bridgehead atoms. The molecular formula is C14H21BrN4. The maximum Gasteiger partial charge on any atom is 0.144 e. The smallest absolute Gasteiger partial charge is 0.144 e. The number of aromatic nitrogens is 2. The zero-order valence-electron chi connectivity index (χ0n) is 11.6. The molecule has 0 spiro atoms. The van der Waals surface area contributed by atoms with E-state index in [9.17, 15) is 0 Å². The summed E-state index contributed by atoms with van der Waals surface area (Å²) in [6.45, 7) is 2.97. The molecule has 19 heavy (non-hydrogen) atoms. The topological polar surface area (TPSA) is 41.1 Å². The molecule has 2 aliphatic rings. The fraction of sp³-hybridized carbons (Fsp3) is 0.714. The molecule has 0 radical (unpaired) electrons. The minimum absolute atomic E-state index is 0.527. The van der Waals surface area contributed by atoms with Crippen molar-refractivity contribution in [2.45, 2.75) is 50.6 Å². The van der Waals surface area contributed by atoms with Crippen molar-refractivity contribution in [2.75, 3.05) is 18.9 Å². The Morgan fingerprint density at radius 1 is 1.37 bits per heavy atom. The summed E-state index contributed by atoms with van der Waals surface area (Å²) < 4.78 is 0.953. The van der Waals surface area contributed by atoms with E-state index < -0.39 is 0 Å². The number of nitrogens with zero attached hydrogens (tertiary/aromatic N) is 3. The van der Waals surface area contributed by atoms with Crippen molar-refractivity contribution in [1.82, 2.24) is 14.9 Å². The van der Waals surface area contributed by atoms with Crippen LogP contribution in [-0.2, 0) is 0 Å². The van der Waals surface area contributed by atoms with Crippen molar-refractivity contribution in [2.24, 2.45) is 0 Å². The van der Waals surface area contributed by atoms with Gasteiger partial charge >= 0.3 is 0 Å². The Morgan fingerprint density at radius 3 is 2.68 bits per heavy atom. The summed E-state index contributed by atoms with van der Waals surface area (Å²) in [5, 5.41) is 3.29. The van der Waals surface area contributed by atoms with E-state index in [1.807, 2.05) is 6.20 Å². The number of fused-ring (bicyclic) bond motifs is 2. The van der Waals surface area contributed by atoms with Gasteiger partial charge in [0.25, 0.3) is 0 Å². The van der Waals surface area contributed by atoms with E-state index in [0.29, 0.717) is 5.92 Å². The molecule has 1 N–H and O–H groups in total. The zero-order chi connectivity index (χ0) is 13.4.